The molecule has 0 aromatic carbocycles. The van der Waals surface area contributed by atoms with Crippen molar-refractivity contribution in [3.8, 4) is 5.69 Å². The van der Waals surface area contributed by atoms with E-state index in [2.05, 4.69) is 27.8 Å². The lowest BCUT2D eigenvalue weighted by Gasteiger charge is -2.08. The molecule has 0 amide bonds. The Bertz CT molecular complexity index is 797. The summed E-state index contributed by atoms with van der Waals surface area (Å²) >= 11 is 4.09. The maximum atomic E-state index is 11.9. The Morgan fingerprint density at radius 1 is 1.41 bits per heavy atom. The lowest BCUT2D eigenvalue weighted by molar-refractivity contribution is 0.0839. The highest BCUT2D eigenvalue weighted by molar-refractivity contribution is 7.80. The van der Waals surface area contributed by atoms with Crippen LogP contribution in [0.25, 0.3) is 16.7 Å². The van der Waals surface area contributed by atoms with Crippen LogP contribution in [0.3, 0.4) is 0 Å². The van der Waals surface area contributed by atoms with Crippen molar-refractivity contribution in [1.82, 2.24) is 24.5 Å². The first kappa shape index (κ1) is 14.7. The summed E-state index contributed by atoms with van der Waals surface area (Å²) in [6.45, 7) is 2.28. The molecule has 7 nitrogen and oxygen atoms in total. The van der Waals surface area contributed by atoms with E-state index < -0.39 is 0 Å². The largest absolute Gasteiger partial charge is 0.358 e. The average Bonchev–Trinajstić information content (AvgIpc) is 3.15. The molecule has 8 heteroatoms. The molecule has 3 rings (SSSR count). The fraction of sp³-hybridized carbons (Fsp3) is 0.286. The number of Topliss-reactive ketones (excluding diaryl/α,β-unsaturated/α-hetero) is 1. The van der Waals surface area contributed by atoms with Gasteiger partial charge in [0, 0.05) is 30.5 Å². The molecule has 3 heterocycles. The standard InChI is InChI=1S/C14H15N5O2S/c1-10(20)13-12(18-4-2-3-15-18)7-11-8-16-19(14(11)17-13)9-21-5-6-22/h2-4,7-8,22H,5-6,9H2,1H3. The van der Waals surface area contributed by atoms with Gasteiger partial charge in [-0.25, -0.2) is 14.3 Å². The Labute approximate surface area is 132 Å². The van der Waals surface area contributed by atoms with E-state index in [1.807, 2.05) is 6.07 Å². The number of hydrogen-bond donors (Lipinski definition) is 1. The van der Waals surface area contributed by atoms with Gasteiger partial charge in [-0.1, -0.05) is 0 Å². The molecule has 0 spiro atoms. The van der Waals surface area contributed by atoms with E-state index >= 15 is 0 Å². The summed E-state index contributed by atoms with van der Waals surface area (Å²) in [6.07, 6.45) is 5.13. The smallest absolute Gasteiger partial charge is 0.180 e. The molecular weight excluding hydrogens is 302 g/mol. The van der Waals surface area contributed by atoms with Gasteiger partial charge in [0.25, 0.3) is 0 Å². The Balaban J connectivity index is 2.07. The molecule has 0 atom stereocenters. The number of thiol groups is 1. The zero-order chi connectivity index (χ0) is 15.5. The normalized spacial score (nSPS) is 11.2. The van der Waals surface area contributed by atoms with Crippen LogP contribution < -0.4 is 0 Å². The number of rotatable bonds is 6. The van der Waals surface area contributed by atoms with Gasteiger partial charge in [0.05, 0.1) is 18.5 Å². The highest BCUT2D eigenvalue weighted by atomic mass is 32.1. The number of ether oxygens (including phenoxy) is 1. The van der Waals surface area contributed by atoms with Gasteiger partial charge in [0.2, 0.25) is 0 Å². The summed E-state index contributed by atoms with van der Waals surface area (Å²) in [4.78, 5) is 16.4. The molecule has 0 aliphatic carbocycles. The SMILES string of the molecule is CC(=O)c1nc2c(cnn2COCCS)cc1-n1cccn1. The summed E-state index contributed by atoms with van der Waals surface area (Å²) in [7, 11) is 0. The van der Waals surface area contributed by atoms with Crippen molar-refractivity contribution in [3.63, 3.8) is 0 Å². The van der Waals surface area contributed by atoms with Crippen molar-refractivity contribution in [1.29, 1.82) is 0 Å². The van der Waals surface area contributed by atoms with Crippen LogP contribution in [0.4, 0.5) is 0 Å². The molecule has 0 N–H and O–H groups in total. The second-order valence-electron chi connectivity index (χ2n) is 4.68. The van der Waals surface area contributed by atoms with Crippen LogP contribution >= 0.6 is 12.6 Å². The second kappa shape index (κ2) is 6.29. The van der Waals surface area contributed by atoms with Gasteiger partial charge in [0.15, 0.2) is 11.4 Å². The van der Waals surface area contributed by atoms with E-state index in [4.69, 9.17) is 4.74 Å². The predicted molar refractivity (Wildman–Crippen MR) is 84.5 cm³/mol. The minimum atomic E-state index is -0.128. The van der Waals surface area contributed by atoms with Crippen LogP contribution in [0.15, 0.2) is 30.7 Å². The number of hydrogen-bond acceptors (Lipinski definition) is 6. The third-order valence-corrected chi connectivity index (χ3v) is 3.31. The van der Waals surface area contributed by atoms with E-state index in [1.165, 1.54) is 6.92 Å². The number of carbonyl (C=O) groups excluding carboxylic acids is 1. The first-order chi connectivity index (χ1) is 10.7. The van der Waals surface area contributed by atoms with Gasteiger partial charge in [0.1, 0.15) is 12.4 Å². The van der Waals surface area contributed by atoms with Crippen molar-refractivity contribution >= 4 is 29.4 Å². The lowest BCUT2D eigenvalue weighted by atomic mass is 10.2. The summed E-state index contributed by atoms with van der Waals surface area (Å²) < 4.78 is 8.67. The summed E-state index contributed by atoms with van der Waals surface area (Å²) in [6, 6.07) is 3.65. The molecule has 0 saturated heterocycles. The quantitative estimate of drug-likeness (QED) is 0.426. The van der Waals surface area contributed by atoms with Crippen LogP contribution in [0, 0.1) is 0 Å². The Morgan fingerprint density at radius 3 is 2.95 bits per heavy atom. The highest BCUT2D eigenvalue weighted by Gasteiger charge is 2.16. The molecule has 0 saturated carbocycles. The number of carbonyl (C=O) groups is 1. The summed E-state index contributed by atoms with van der Waals surface area (Å²) in [5, 5.41) is 9.25. The van der Waals surface area contributed by atoms with Crippen molar-refractivity contribution in [2.24, 2.45) is 0 Å². The third-order valence-electron chi connectivity index (χ3n) is 3.13. The Morgan fingerprint density at radius 2 is 2.27 bits per heavy atom. The van der Waals surface area contributed by atoms with E-state index in [0.717, 1.165) is 5.39 Å². The monoisotopic (exact) mass is 317 g/mol. The fourth-order valence-corrected chi connectivity index (χ4v) is 2.28. The maximum absolute atomic E-state index is 11.9. The number of ketones is 1. The first-order valence-corrected chi connectivity index (χ1v) is 7.40. The first-order valence-electron chi connectivity index (χ1n) is 6.77. The van der Waals surface area contributed by atoms with Crippen molar-refractivity contribution in [3.05, 3.63) is 36.4 Å². The molecule has 0 bridgehead atoms. The van der Waals surface area contributed by atoms with Crippen LogP contribution in [-0.2, 0) is 11.5 Å². The molecule has 0 aliphatic heterocycles. The zero-order valence-electron chi connectivity index (χ0n) is 12.0. The molecule has 0 fully saturated rings. The van der Waals surface area contributed by atoms with E-state index in [0.29, 0.717) is 29.4 Å². The summed E-state index contributed by atoms with van der Waals surface area (Å²) in [5.41, 5.74) is 1.60. The number of aromatic nitrogens is 5. The lowest BCUT2D eigenvalue weighted by Crippen LogP contribution is -2.10. The van der Waals surface area contributed by atoms with Gasteiger partial charge in [-0.15, -0.1) is 0 Å². The zero-order valence-corrected chi connectivity index (χ0v) is 12.9. The van der Waals surface area contributed by atoms with Crippen molar-refractivity contribution < 1.29 is 9.53 Å². The van der Waals surface area contributed by atoms with Gasteiger partial charge >= 0.3 is 0 Å². The van der Waals surface area contributed by atoms with Crippen molar-refractivity contribution in [2.75, 3.05) is 12.4 Å². The minimum absolute atomic E-state index is 0.128. The molecule has 3 aromatic rings. The van der Waals surface area contributed by atoms with Crippen LogP contribution in [0.5, 0.6) is 0 Å². The maximum Gasteiger partial charge on any atom is 0.180 e. The molecule has 22 heavy (non-hydrogen) atoms. The molecule has 0 unspecified atom stereocenters. The molecular formula is C14H15N5O2S. The number of pyridine rings is 1. The predicted octanol–water partition coefficient (Wildman–Crippen LogP) is 1.72. The van der Waals surface area contributed by atoms with E-state index in [1.54, 1.807) is 34.0 Å². The number of fused-ring (bicyclic) bond motifs is 1. The summed E-state index contributed by atoms with van der Waals surface area (Å²) in [5.74, 6) is 0.505. The average molecular weight is 317 g/mol. The second-order valence-corrected chi connectivity index (χ2v) is 5.13. The molecule has 0 radical (unpaired) electrons. The highest BCUT2D eigenvalue weighted by Crippen LogP contribution is 2.20. The van der Waals surface area contributed by atoms with Crippen LogP contribution in [-0.4, -0.2) is 42.7 Å². The van der Waals surface area contributed by atoms with Crippen LogP contribution in [0.2, 0.25) is 0 Å². The molecule has 0 aliphatic rings. The minimum Gasteiger partial charge on any atom is -0.358 e. The van der Waals surface area contributed by atoms with Crippen molar-refractivity contribution in [2.45, 2.75) is 13.7 Å². The number of nitrogens with zero attached hydrogens (tertiary/aromatic N) is 5. The fourth-order valence-electron chi connectivity index (χ4n) is 2.15. The van der Waals surface area contributed by atoms with E-state index in [-0.39, 0.29) is 12.5 Å². The molecule has 3 aromatic heterocycles. The van der Waals surface area contributed by atoms with Crippen LogP contribution in [0.1, 0.15) is 17.4 Å². The topological polar surface area (TPSA) is 74.8 Å². The van der Waals surface area contributed by atoms with Gasteiger partial charge in [-0.05, 0) is 12.1 Å². The Hall–Kier alpha value is -2.19. The third kappa shape index (κ3) is 2.75. The van der Waals surface area contributed by atoms with Gasteiger partial charge in [-0.2, -0.15) is 22.8 Å². The molecule has 114 valence electrons. The van der Waals surface area contributed by atoms with E-state index in [9.17, 15) is 4.79 Å². The Kier molecular flexibility index (Phi) is 4.21. The van der Waals surface area contributed by atoms with Gasteiger partial charge < -0.3 is 4.74 Å². The van der Waals surface area contributed by atoms with Gasteiger partial charge in [-0.3, -0.25) is 4.79 Å².